The number of hydrogen-bond acceptors (Lipinski definition) is 6. The summed E-state index contributed by atoms with van der Waals surface area (Å²) in [5.74, 6) is -0.885. The van der Waals surface area contributed by atoms with Crippen LogP contribution in [0.25, 0.3) is 0 Å². The minimum Gasteiger partial charge on any atom is -0.481 e. The van der Waals surface area contributed by atoms with Crippen molar-refractivity contribution in [3.63, 3.8) is 0 Å². The monoisotopic (exact) mass is 474 g/mol. The molecule has 1 aliphatic rings. The van der Waals surface area contributed by atoms with Gasteiger partial charge in [-0.05, 0) is 57.2 Å². The summed E-state index contributed by atoms with van der Waals surface area (Å²) in [6, 6.07) is 0. The van der Waals surface area contributed by atoms with Crippen LogP contribution in [-0.4, -0.2) is 70.9 Å². The van der Waals surface area contributed by atoms with Crippen LogP contribution < -0.4 is 0 Å². The Kier molecular flexibility index (Phi) is 13.2. The predicted molar refractivity (Wildman–Crippen MR) is 128 cm³/mol. The molecule has 8 heteroatoms. The summed E-state index contributed by atoms with van der Waals surface area (Å²) in [5.41, 5.74) is 0. The number of methoxy groups -OCH3 is 1. The summed E-state index contributed by atoms with van der Waals surface area (Å²) in [7, 11) is -0.110. The van der Waals surface area contributed by atoms with Crippen molar-refractivity contribution in [1.82, 2.24) is 0 Å². The number of hydrogen-bond donors (Lipinski definition) is 1. The van der Waals surface area contributed by atoms with E-state index >= 15 is 0 Å². The summed E-state index contributed by atoms with van der Waals surface area (Å²) in [4.78, 5) is 11.2. The Labute approximate surface area is 195 Å². The second-order valence-corrected chi connectivity index (χ2v) is 14.9. The molecular weight excluding hydrogens is 428 g/mol. The lowest BCUT2D eigenvalue weighted by Crippen LogP contribution is -2.43. The Balaban J connectivity index is 2.38. The normalized spacial score (nSPS) is 23.5. The van der Waals surface area contributed by atoms with E-state index in [0.29, 0.717) is 13.2 Å². The van der Waals surface area contributed by atoms with Gasteiger partial charge in [-0.15, -0.1) is 0 Å². The van der Waals surface area contributed by atoms with Gasteiger partial charge in [0.25, 0.3) is 0 Å². The first-order valence-corrected chi connectivity index (χ1v) is 14.8. The molecule has 1 heterocycles. The van der Waals surface area contributed by atoms with Gasteiger partial charge in [-0.25, -0.2) is 0 Å². The molecule has 188 valence electrons. The van der Waals surface area contributed by atoms with E-state index in [1.165, 1.54) is 0 Å². The van der Waals surface area contributed by atoms with Crippen molar-refractivity contribution in [2.24, 2.45) is 0 Å². The van der Waals surface area contributed by atoms with Gasteiger partial charge in [0.15, 0.2) is 8.32 Å². The van der Waals surface area contributed by atoms with Gasteiger partial charge in [-0.1, -0.05) is 32.9 Å². The van der Waals surface area contributed by atoms with E-state index in [1.54, 1.807) is 7.11 Å². The standard InChI is InChI=1S/C24H46O7Si/c1-19(31-32(6,7)24(2,3)4)11-9-8-10-12-20-13-14-21(22(30-20)17-23(25)26)29-18-28-16-15-27-5/h10,12,19-22H,8-9,11,13-18H2,1-7H3,(H,25,26)/b12-10+/t19-,20-,21-,22-/m1/s1. The van der Waals surface area contributed by atoms with E-state index in [9.17, 15) is 9.90 Å². The molecule has 7 nitrogen and oxygen atoms in total. The zero-order valence-corrected chi connectivity index (χ0v) is 22.2. The van der Waals surface area contributed by atoms with Gasteiger partial charge < -0.3 is 28.5 Å². The molecule has 0 aromatic heterocycles. The van der Waals surface area contributed by atoms with Gasteiger partial charge in [0.1, 0.15) is 6.79 Å². The van der Waals surface area contributed by atoms with E-state index in [2.05, 4.69) is 52.9 Å². The third kappa shape index (κ3) is 11.4. The van der Waals surface area contributed by atoms with E-state index < -0.39 is 20.4 Å². The first-order chi connectivity index (χ1) is 15.0. The zero-order chi connectivity index (χ0) is 24.2. The molecule has 0 radical (unpaired) electrons. The van der Waals surface area contributed by atoms with Crippen molar-refractivity contribution in [3.8, 4) is 0 Å². The molecule has 1 aliphatic heterocycles. The molecule has 1 N–H and O–H groups in total. The number of carboxylic acids is 1. The van der Waals surface area contributed by atoms with Crippen molar-refractivity contribution in [1.29, 1.82) is 0 Å². The summed E-state index contributed by atoms with van der Waals surface area (Å²) < 4.78 is 28.4. The van der Waals surface area contributed by atoms with E-state index in [4.69, 9.17) is 23.4 Å². The van der Waals surface area contributed by atoms with Crippen molar-refractivity contribution in [2.45, 2.75) is 109 Å². The summed E-state index contributed by atoms with van der Waals surface area (Å²) >= 11 is 0. The molecule has 0 unspecified atom stereocenters. The van der Waals surface area contributed by atoms with Crippen LogP contribution >= 0.6 is 0 Å². The molecule has 0 aliphatic carbocycles. The molecule has 32 heavy (non-hydrogen) atoms. The number of allylic oxidation sites excluding steroid dienone is 1. The van der Waals surface area contributed by atoms with Gasteiger partial charge in [-0.3, -0.25) is 4.79 Å². The molecule has 0 saturated carbocycles. The van der Waals surface area contributed by atoms with E-state index in [1.807, 2.05) is 0 Å². The highest BCUT2D eigenvalue weighted by Gasteiger charge is 2.38. The average Bonchev–Trinajstić information content (AvgIpc) is 2.67. The number of ether oxygens (including phenoxy) is 4. The quantitative estimate of drug-likeness (QED) is 0.152. The molecule has 4 atom stereocenters. The zero-order valence-electron chi connectivity index (χ0n) is 21.2. The Morgan fingerprint density at radius 3 is 2.59 bits per heavy atom. The molecular formula is C24H46O7Si. The minimum absolute atomic E-state index is 0.0740. The van der Waals surface area contributed by atoms with Crippen LogP contribution in [0.3, 0.4) is 0 Å². The largest absolute Gasteiger partial charge is 0.481 e. The van der Waals surface area contributed by atoms with Crippen LogP contribution in [0.5, 0.6) is 0 Å². The van der Waals surface area contributed by atoms with Crippen molar-refractivity contribution in [3.05, 3.63) is 12.2 Å². The maximum Gasteiger partial charge on any atom is 0.306 e. The fraction of sp³-hybridized carbons (Fsp3) is 0.875. The summed E-state index contributed by atoms with van der Waals surface area (Å²) in [5, 5.41) is 9.46. The van der Waals surface area contributed by atoms with Crippen LogP contribution in [0, 0.1) is 0 Å². The Bertz CT molecular complexity index is 559. The molecule has 0 aromatic rings. The Morgan fingerprint density at radius 1 is 1.25 bits per heavy atom. The van der Waals surface area contributed by atoms with Crippen LogP contribution in [0.15, 0.2) is 12.2 Å². The first kappa shape index (κ1) is 29.3. The lowest BCUT2D eigenvalue weighted by Gasteiger charge is -2.38. The van der Waals surface area contributed by atoms with Crippen molar-refractivity contribution >= 4 is 14.3 Å². The van der Waals surface area contributed by atoms with Crippen LogP contribution in [0.4, 0.5) is 0 Å². The van der Waals surface area contributed by atoms with Gasteiger partial charge in [0.05, 0.1) is 37.9 Å². The SMILES string of the molecule is COCCOCO[C@@H]1CC[C@@H](/C=C/CCC[C@@H](C)O[Si](C)(C)C(C)(C)C)O[C@@H]1CC(=O)O. The summed E-state index contributed by atoms with van der Waals surface area (Å²) in [6.07, 6.45) is 8.19. The highest BCUT2D eigenvalue weighted by Crippen LogP contribution is 2.37. The van der Waals surface area contributed by atoms with Crippen molar-refractivity contribution in [2.75, 3.05) is 27.1 Å². The smallest absolute Gasteiger partial charge is 0.306 e. The maximum atomic E-state index is 11.2. The molecule has 0 aromatic carbocycles. The first-order valence-electron chi connectivity index (χ1n) is 11.9. The van der Waals surface area contributed by atoms with Gasteiger partial charge in [0.2, 0.25) is 0 Å². The lowest BCUT2D eigenvalue weighted by molar-refractivity contribution is -0.179. The van der Waals surface area contributed by atoms with Gasteiger partial charge in [-0.2, -0.15) is 0 Å². The third-order valence-electron chi connectivity index (χ3n) is 6.31. The molecule has 0 amide bonds. The second-order valence-electron chi connectivity index (χ2n) is 10.2. The average molecular weight is 475 g/mol. The number of rotatable bonds is 15. The molecule has 1 saturated heterocycles. The van der Waals surface area contributed by atoms with Crippen LogP contribution in [0.1, 0.15) is 66.2 Å². The summed E-state index contributed by atoms with van der Waals surface area (Å²) in [6.45, 7) is 14.6. The van der Waals surface area contributed by atoms with Gasteiger partial charge in [0, 0.05) is 13.2 Å². The fourth-order valence-electron chi connectivity index (χ4n) is 3.43. The molecule has 0 spiro atoms. The highest BCUT2D eigenvalue weighted by atomic mass is 28.4. The molecule has 1 fully saturated rings. The second kappa shape index (κ2) is 14.5. The number of carbonyl (C=O) groups is 1. The number of aliphatic carboxylic acids is 1. The lowest BCUT2D eigenvalue weighted by atomic mass is 9.98. The third-order valence-corrected chi connectivity index (χ3v) is 10.9. The minimum atomic E-state index is -1.72. The van der Waals surface area contributed by atoms with Crippen LogP contribution in [-0.2, 0) is 28.2 Å². The molecule has 1 rings (SSSR count). The Hall–Kier alpha value is -0.773. The van der Waals surface area contributed by atoms with Crippen molar-refractivity contribution < 1.29 is 33.3 Å². The maximum absolute atomic E-state index is 11.2. The Morgan fingerprint density at radius 2 is 1.97 bits per heavy atom. The van der Waals surface area contributed by atoms with E-state index in [0.717, 1.165) is 32.1 Å². The topological polar surface area (TPSA) is 83.5 Å². The number of carboxylic acid groups (broad SMARTS) is 1. The fourth-order valence-corrected chi connectivity index (χ4v) is 4.90. The predicted octanol–water partition coefficient (Wildman–Crippen LogP) is 5.15. The number of unbranched alkanes of at least 4 members (excludes halogenated alkanes) is 1. The van der Waals surface area contributed by atoms with Gasteiger partial charge >= 0.3 is 5.97 Å². The van der Waals surface area contributed by atoms with E-state index in [-0.39, 0.29) is 36.6 Å². The molecule has 0 bridgehead atoms. The van der Waals surface area contributed by atoms with Crippen LogP contribution in [0.2, 0.25) is 18.1 Å². The highest BCUT2D eigenvalue weighted by molar-refractivity contribution is 6.74.